The molecule has 2 aliphatic rings. The highest BCUT2D eigenvalue weighted by Gasteiger charge is 2.61. The molecule has 22 heavy (non-hydrogen) atoms. The SMILES string of the molecule is CC1(C)CCC2(CC1)CC(NC(=O)OC(C)(C)C)(C(=O)O)C2. The molecule has 0 unspecified atom stereocenters. The Hall–Kier alpha value is -1.26. The smallest absolute Gasteiger partial charge is 0.408 e. The van der Waals surface area contributed by atoms with Gasteiger partial charge in [-0.1, -0.05) is 13.8 Å². The van der Waals surface area contributed by atoms with Gasteiger partial charge in [-0.2, -0.15) is 0 Å². The zero-order chi connectivity index (χ0) is 16.8. The van der Waals surface area contributed by atoms with Crippen molar-refractivity contribution in [2.24, 2.45) is 10.8 Å². The quantitative estimate of drug-likeness (QED) is 0.815. The monoisotopic (exact) mass is 311 g/mol. The lowest BCUT2D eigenvalue weighted by Crippen LogP contribution is -2.67. The molecule has 5 nitrogen and oxygen atoms in total. The van der Waals surface area contributed by atoms with Crippen LogP contribution in [0.25, 0.3) is 0 Å². The molecule has 2 saturated carbocycles. The first-order chi connectivity index (χ1) is 9.87. The van der Waals surface area contributed by atoms with Gasteiger partial charge >= 0.3 is 12.1 Å². The molecule has 2 fully saturated rings. The molecule has 5 heteroatoms. The van der Waals surface area contributed by atoms with Crippen LogP contribution in [0.4, 0.5) is 4.79 Å². The minimum absolute atomic E-state index is 0.0862. The van der Waals surface area contributed by atoms with E-state index in [2.05, 4.69) is 19.2 Å². The summed E-state index contributed by atoms with van der Waals surface area (Å²) in [5, 5.41) is 12.2. The molecule has 0 aliphatic heterocycles. The number of hydrogen-bond acceptors (Lipinski definition) is 3. The van der Waals surface area contributed by atoms with Gasteiger partial charge in [0.05, 0.1) is 0 Å². The van der Waals surface area contributed by atoms with Crippen molar-refractivity contribution >= 4 is 12.1 Å². The highest BCUT2D eigenvalue weighted by molar-refractivity contribution is 5.86. The number of ether oxygens (including phenoxy) is 1. The van der Waals surface area contributed by atoms with Crippen molar-refractivity contribution in [3.63, 3.8) is 0 Å². The second-order valence-corrected chi connectivity index (χ2v) is 9.03. The van der Waals surface area contributed by atoms with E-state index in [1.165, 1.54) is 0 Å². The summed E-state index contributed by atoms with van der Waals surface area (Å²) in [6.45, 7) is 9.84. The van der Waals surface area contributed by atoms with Crippen LogP contribution in [0.3, 0.4) is 0 Å². The Morgan fingerprint density at radius 2 is 1.55 bits per heavy atom. The van der Waals surface area contributed by atoms with E-state index in [1.54, 1.807) is 20.8 Å². The molecule has 0 aromatic carbocycles. The Morgan fingerprint density at radius 3 is 1.95 bits per heavy atom. The van der Waals surface area contributed by atoms with Crippen LogP contribution in [-0.2, 0) is 9.53 Å². The lowest BCUT2D eigenvalue weighted by molar-refractivity contribution is -0.160. The van der Waals surface area contributed by atoms with Crippen LogP contribution < -0.4 is 5.32 Å². The highest BCUT2D eigenvalue weighted by Crippen LogP contribution is 2.59. The van der Waals surface area contributed by atoms with Crippen molar-refractivity contribution < 1.29 is 19.4 Å². The van der Waals surface area contributed by atoms with Gasteiger partial charge < -0.3 is 15.2 Å². The van der Waals surface area contributed by atoms with Gasteiger partial charge in [0.1, 0.15) is 11.1 Å². The van der Waals surface area contributed by atoms with Crippen molar-refractivity contribution in [2.45, 2.75) is 84.3 Å². The number of carboxylic acid groups (broad SMARTS) is 1. The summed E-state index contributed by atoms with van der Waals surface area (Å²) in [4.78, 5) is 23.6. The molecule has 0 aromatic heterocycles. The molecule has 1 amide bonds. The van der Waals surface area contributed by atoms with Gasteiger partial charge in [-0.3, -0.25) is 0 Å². The van der Waals surface area contributed by atoms with Gasteiger partial charge in [0.2, 0.25) is 0 Å². The van der Waals surface area contributed by atoms with Crippen LogP contribution in [0.2, 0.25) is 0 Å². The summed E-state index contributed by atoms with van der Waals surface area (Å²) in [5.74, 6) is -0.950. The first kappa shape index (κ1) is 17.1. The van der Waals surface area contributed by atoms with Crippen LogP contribution in [0.15, 0.2) is 0 Å². The zero-order valence-corrected chi connectivity index (χ0v) is 14.4. The largest absolute Gasteiger partial charge is 0.480 e. The van der Waals surface area contributed by atoms with Crippen molar-refractivity contribution in [1.82, 2.24) is 5.32 Å². The zero-order valence-electron chi connectivity index (χ0n) is 14.4. The maximum absolute atomic E-state index is 11.9. The third-order valence-electron chi connectivity index (χ3n) is 5.17. The maximum Gasteiger partial charge on any atom is 0.408 e. The van der Waals surface area contributed by atoms with E-state index in [1.807, 2.05) is 0 Å². The van der Waals surface area contributed by atoms with Crippen molar-refractivity contribution in [2.75, 3.05) is 0 Å². The fourth-order valence-electron chi connectivity index (χ4n) is 3.83. The molecule has 0 aromatic rings. The van der Waals surface area contributed by atoms with Crippen LogP contribution >= 0.6 is 0 Å². The highest BCUT2D eigenvalue weighted by atomic mass is 16.6. The van der Waals surface area contributed by atoms with Crippen molar-refractivity contribution in [3.8, 4) is 0 Å². The number of carbonyl (C=O) groups excluding carboxylic acids is 1. The number of amides is 1. The van der Waals surface area contributed by atoms with Gasteiger partial charge in [-0.15, -0.1) is 0 Å². The Labute approximate surface area is 132 Å². The topological polar surface area (TPSA) is 75.6 Å². The standard InChI is InChI=1S/C17H29NO4/c1-14(2,3)22-13(21)18-17(12(19)20)10-16(11-17)8-6-15(4,5)7-9-16/h6-11H2,1-5H3,(H,18,21)(H,19,20). The van der Waals surface area contributed by atoms with Crippen LogP contribution in [0.1, 0.15) is 73.1 Å². The molecule has 0 radical (unpaired) electrons. The summed E-state index contributed by atoms with van der Waals surface area (Å²) >= 11 is 0. The van der Waals surface area contributed by atoms with E-state index in [0.29, 0.717) is 18.3 Å². The predicted molar refractivity (Wildman–Crippen MR) is 83.7 cm³/mol. The average molecular weight is 311 g/mol. The summed E-state index contributed by atoms with van der Waals surface area (Å²) < 4.78 is 5.21. The third-order valence-corrected chi connectivity index (χ3v) is 5.17. The maximum atomic E-state index is 11.9. The van der Waals surface area contributed by atoms with E-state index < -0.39 is 23.2 Å². The van der Waals surface area contributed by atoms with Crippen molar-refractivity contribution in [3.05, 3.63) is 0 Å². The normalized spacial score (nSPS) is 25.1. The number of aliphatic carboxylic acids is 1. The van der Waals surface area contributed by atoms with Crippen LogP contribution in [0, 0.1) is 10.8 Å². The molecule has 1 spiro atoms. The minimum Gasteiger partial charge on any atom is -0.480 e. The molecule has 0 bridgehead atoms. The molecular weight excluding hydrogens is 282 g/mol. The first-order valence-corrected chi connectivity index (χ1v) is 8.12. The number of alkyl carbamates (subject to hydrolysis) is 1. The van der Waals surface area contributed by atoms with E-state index in [0.717, 1.165) is 25.7 Å². The second-order valence-electron chi connectivity index (χ2n) is 9.03. The summed E-state index contributed by atoms with van der Waals surface area (Å²) in [6.07, 6.45) is 4.73. The third kappa shape index (κ3) is 3.55. The Bertz CT molecular complexity index is 458. The summed E-state index contributed by atoms with van der Waals surface area (Å²) in [7, 11) is 0. The van der Waals surface area contributed by atoms with Gasteiger partial charge in [0, 0.05) is 0 Å². The van der Waals surface area contributed by atoms with E-state index in [4.69, 9.17) is 4.74 Å². The first-order valence-electron chi connectivity index (χ1n) is 8.12. The number of rotatable bonds is 2. The molecule has 2 N–H and O–H groups in total. The fourth-order valence-corrected chi connectivity index (χ4v) is 3.83. The lowest BCUT2D eigenvalue weighted by Gasteiger charge is -2.57. The molecule has 0 heterocycles. The van der Waals surface area contributed by atoms with Gasteiger partial charge in [0.15, 0.2) is 0 Å². The molecule has 2 aliphatic carbocycles. The number of carboxylic acids is 1. The molecule has 0 atom stereocenters. The minimum atomic E-state index is -1.15. The van der Waals surface area contributed by atoms with Gasteiger partial charge in [-0.25, -0.2) is 9.59 Å². The van der Waals surface area contributed by atoms with E-state index >= 15 is 0 Å². The Morgan fingerprint density at radius 1 is 1.05 bits per heavy atom. The van der Waals surface area contributed by atoms with E-state index in [9.17, 15) is 14.7 Å². The molecule has 126 valence electrons. The Balaban J connectivity index is 2.00. The van der Waals surface area contributed by atoms with E-state index in [-0.39, 0.29) is 5.41 Å². The molecule has 0 saturated heterocycles. The lowest BCUT2D eigenvalue weighted by atomic mass is 9.49. The molecular formula is C17H29NO4. The number of carbonyl (C=O) groups is 2. The summed E-state index contributed by atoms with van der Waals surface area (Å²) in [5.41, 5.74) is -1.34. The number of hydrogen-bond donors (Lipinski definition) is 2. The van der Waals surface area contributed by atoms with Gasteiger partial charge in [-0.05, 0) is 70.1 Å². The summed E-state index contributed by atoms with van der Waals surface area (Å²) in [6, 6.07) is 0. The molecule has 2 rings (SSSR count). The Kier molecular flexibility index (Phi) is 3.99. The van der Waals surface area contributed by atoms with Crippen LogP contribution in [-0.4, -0.2) is 28.3 Å². The van der Waals surface area contributed by atoms with Crippen LogP contribution in [0.5, 0.6) is 0 Å². The fraction of sp³-hybridized carbons (Fsp3) is 0.882. The predicted octanol–water partition coefficient (Wildman–Crippen LogP) is 3.71. The van der Waals surface area contributed by atoms with Gasteiger partial charge in [0.25, 0.3) is 0 Å². The van der Waals surface area contributed by atoms with Crippen molar-refractivity contribution in [1.29, 1.82) is 0 Å². The average Bonchev–Trinajstić information content (AvgIpc) is 2.27. The number of nitrogens with one attached hydrogen (secondary N) is 1. The second kappa shape index (κ2) is 5.14.